The summed E-state index contributed by atoms with van der Waals surface area (Å²) in [5.74, 6) is 0.857. The molecular formula is C17H29N3O. The number of hydrogen-bond donors (Lipinski definition) is 1. The van der Waals surface area contributed by atoms with Crippen molar-refractivity contribution in [1.82, 2.24) is 14.7 Å². The van der Waals surface area contributed by atoms with Crippen molar-refractivity contribution in [1.29, 1.82) is 0 Å². The average molecular weight is 291 g/mol. The molecule has 0 spiro atoms. The van der Waals surface area contributed by atoms with Crippen LogP contribution in [0.1, 0.15) is 46.1 Å². The van der Waals surface area contributed by atoms with Crippen molar-refractivity contribution >= 4 is 5.65 Å². The van der Waals surface area contributed by atoms with E-state index in [-0.39, 0.29) is 0 Å². The van der Waals surface area contributed by atoms with Crippen molar-refractivity contribution in [3.63, 3.8) is 0 Å². The molecule has 0 unspecified atom stereocenters. The predicted molar refractivity (Wildman–Crippen MR) is 89.1 cm³/mol. The number of nitrogens with one attached hydrogen (secondary N) is 1. The fourth-order valence-electron chi connectivity index (χ4n) is 2.24. The molecule has 0 saturated carbocycles. The van der Waals surface area contributed by atoms with Gasteiger partial charge in [0, 0.05) is 6.20 Å². The minimum atomic E-state index is 0.316. The number of aromatic nitrogens is 2. The zero-order valence-corrected chi connectivity index (χ0v) is 14.0. The number of pyridine rings is 1. The summed E-state index contributed by atoms with van der Waals surface area (Å²) >= 11 is 0. The molecule has 3 rings (SSSR count). The molecule has 1 N–H and O–H groups in total. The van der Waals surface area contributed by atoms with Crippen LogP contribution in [0, 0.1) is 6.92 Å². The minimum absolute atomic E-state index is 0.316. The Kier molecular flexibility index (Phi) is 7.83. The first-order chi connectivity index (χ1) is 10.3. The lowest BCUT2D eigenvalue weighted by Crippen LogP contribution is -2.34. The first-order valence-corrected chi connectivity index (χ1v) is 8.14. The topological polar surface area (TPSA) is 38.6 Å². The molecule has 2 aromatic rings. The van der Waals surface area contributed by atoms with Gasteiger partial charge in [-0.3, -0.25) is 4.40 Å². The van der Waals surface area contributed by atoms with E-state index in [0.717, 1.165) is 37.5 Å². The van der Waals surface area contributed by atoms with Gasteiger partial charge in [-0.2, -0.15) is 0 Å². The smallest absolute Gasteiger partial charge is 0.218 e. The van der Waals surface area contributed by atoms with Gasteiger partial charge in [-0.25, -0.2) is 4.98 Å². The van der Waals surface area contributed by atoms with Crippen molar-refractivity contribution < 1.29 is 4.74 Å². The van der Waals surface area contributed by atoms with Crippen molar-refractivity contribution in [2.24, 2.45) is 0 Å². The molecule has 4 heteroatoms. The monoisotopic (exact) mass is 291 g/mol. The summed E-state index contributed by atoms with van der Waals surface area (Å²) in [4.78, 5) is 4.35. The van der Waals surface area contributed by atoms with Crippen molar-refractivity contribution in [2.45, 2.75) is 53.6 Å². The molecule has 4 nitrogen and oxygen atoms in total. The lowest BCUT2D eigenvalue weighted by Gasteiger charge is -2.23. The third-order valence-electron chi connectivity index (χ3n) is 3.19. The van der Waals surface area contributed by atoms with Crippen molar-refractivity contribution in [3.05, 3.63) is 30.1 Å². The highest BCUT2D eigenvalue weighted by atomic mass is 16.5. The second-order valence-electron chi connectivity index (χ2n) is 4.60. The average Bonchev–Trinajstić information content (AvgIpc) is 2.94. The number of nitrogens with zero attached hydrogens (tertiary/aromatic N) is 2. The molecule has 2 aromatic heterocycles. The van der Waals surface area contributed by atoms with E-state index in [1.54, 1.807) is 0 Å². The van der Waals surface area contributed by atoms with Crippen LogP contribution in [0.3, 0.4) is 0 Å². The number of piperidine rings is 1. The fourth-order valence-corrected chi connectivity index (χ4v) is 2.24. The molecule has 118 valence electrons. The minimum Gasteiger partial charge on any atom is -0.474 e. The van der Waals surface area contributed by atoms with Crippen molar-refractivity contribution in [3.8, 4) is 5.88 Å². The van der Waals surface area contributed by atoms with Gasteiger partial charge in [0.2, 0.25) is 5.88 Å². The van der Waals surface area contributed by atoms with Crippen LogP contribution in [0.25, 0.3) is 5.65 Å². The highest BCUT2D eigenvalue weighted by molar-refractivity contribution is 5.43. The van der Waals surface area contributed by atoms with E-state index in [1.165, 1.54) is 5.56 Å². The first kappa shape index (κ1) is 17.5. The SMILES string of the molecule is CC.CC.Cc1ccc2ncc(OC3CCNCC3)n2c1. The quantitative estimate of drug-likeness (QED) is 0.914. The van der Waals surface area contributed by atoms with Crippen LogP contribution in [-0.2, 0) is 0 Å². The van der Waals surface area contributed by atoms with Gasteiger partial charge in [0.15, 0.2) is 0 Å². The number of ether oxygens (including phenoxy) is 1. The normalized spacial score (nSPS) is 14.7. The Labute approximate surface area is 128 Å². The molecule has 1 aliphatic heterocycles. The van der Waals surface area contributed by atoms with Crippen LogP contribution < -0.4 is 10.1 Å². The lowest BCUT2D eigenvalue weighted by molar-refractivity contribution is 0.154. The van der Waals surface area contributed by atoms with Crippen molar-refractivity contribution in [2.75, 3.05) is 13.1 Å². The lowest BCUT2D eigenvalue weighted by atomic mass is 10.1. The zero-order valence-electron chi connectivity index (χ0n) is 14.0. The summed E-state index contributed by atoms with van der Waals surface area (Å²) in [7, 11) is 0. The highest BCUT2D eigenvalue weighted by Crippen LogP contribution is 2.19. The predicted octanol–water partition coefficient (Wildman–Crippen LogP) is 3.83. The summed E-state index contributed by atoms with van der Waals surface area (Å²) in [5.41, 5.74) is 2.16. The molecule has 0 amide bonds. The molecule has 1 fully saturated rings. The molecule has 0 aliphatic carbocycles. The van der Waals surface area contributed by atoms with Gasteiger partial charge in [0.05, 0.1) is 6.20 Å². The van der Waals surface area contributed by atoms with Gasteiger partial charge in [0.25, 0.3) is 0 Å². The summed E-state index contributed by atoms with van der Waals surface area (Å²) in [6.45, 7) is 12.2. The van der Waals surface area contributed by atoms with E-state index in [9.17, 15) is 0 Å². The van der Waals surface area contributed by atoms with Crippen LogP contribution in [0.15, 0.2) is 24.5 Å². The van der Waals surface area contributed by atoms with Crippen LogP contribution in [0.4, 0.5) is 0 Å². The van der Waals surface area contributed by atoms with Gasteiger partial charge in [0.1, 0.15) is 11.8 Å². The van der Waals surface area contributed by atoms with Gasteiger partial charge in [-0.15, -0.1) is 0 Å². The number of imidazole rings is 1. The molecular weight excluding hydrogens is 262 g/mol. The van der Waals surface area contributed by atoms with Gasteiger partial charge in [-0.1, -0.05) is 33.8 Å². The molecule has 1 saturated heterocycles. The maximum Gasteiger partial charge on any atom is 0.218 e. The summed E-state index contributed by atoms with van der Waals surface area (Å²) < 4.78 is 8.05. The van der Waals surface area contributed by atoms with Crippen LogP contribution in [0.5, 0.6) is 5.88 Å². The maximum atomic E-state index is 6.02. The second-order valence-corrected chi connectivity index (χ2v) is 4.60. The molecule has 0 radical (unpaired) electrons. The summed E-state index contributed by atoms with van der Waals surface area (Å²) in [5, 5.41) is 3.34. The second kappa shape index (κ2) is 9.40. The molecule has 0 aromatic carbocycles. The fraction of sp³-hybridized carbons (Fsp3) is 0.588. The van der Waals surface area contributed by atoms with Crippen LogP contribution in [0.2, 0.25) is 0 Å². The third-order valence-corrected chi connectivity index (χ3v) is 3.19. The van der Waals surface area contributed by atoms with E-state index in [0.29, 0.717) is 6.10 Å². The number of rotatable bonds is 2. The number of aryl methyl sites for hydroxylation is 1. The molecule has 0 atom stereocenters. The molecule has 3 heterocycles. The Morgan fingerprint density at radius 1 is 1.14 bits per heavy atom. The third kappa shape index (κ3) is 4.74. The Morgan fingerprint density at radius 2 is 1.81 bits per heavy atom. The molecule has 21 heavy (non-hydrogen) atoms. The Morgan fingerprint density at radius 3 is 2.48 bits per heavy atom. The van der Waals surface area contributed by atoms with E-state index in [4.69, 9.17) is 4.74 Å². The van der Waals surface area contributed by atoms with E-state index in [1.807, 2.05) is 44.4 Å². The Hall–Kier alpha value is -1.55. The highest BCUT2D eigenvalue weighted by Gasteiger charge is 2.16. The van der Waals surface area contributed by atoms with Crippen LogP contribution in [-0.4, -0.2) is 28.6 Å². The zero-order chi connectivity index (χ0) is 15.7. The van der Waals surface area contributed by atoms with Gasteiger partial charge in [-0.05, 0) is 44.5 Å². The Bertz CT molecular complexity index is 516. The van der Waals surface area contributed by atoms with E-state index < -0.39 is 0 Å². The molecule has 0 bridgehead atoms. The first-order valence-electron chi connectivity index (χ1n) is 8.14. The number of hydrogen-bond acceptors (Lipinski definition) is 3. The van der Waals surface area contributed by atoms with Gasteiger partial charge >= 0.3 is 0 Å². The maximum absolute atomic E-state index is 6.02. The van der Waals surface area contributed by atoms with Crippen LogP contribution >= 0.6 is 0 Å². The molecule has 1 aliphatic rings. The summed E-state index contributed by atoms with van der Waals surface area (Å²) in [6, 6.07) is 4.08. The number of fused-ring (bicyclic) bond motifs is 1. The van der Waals surface area contributed by atoms with Gasteiger partial charge < -0.3 is 10.1 Å². The largest absolute Gasteiger partial charge is 0.474 e. The van der Waals surface area contributed by atoms with E-state index in [2.05, 4.69) is 29.5 Å². The Balaban J connectivity index is 0.000000510. The summed E-state index contributed by atoms with van der Waals surface area (Å²) in [6.07, 6.45) is 6.34. The standard InChI is InChI=1S/C13H17N3O.2C2H6/c1-10-2-3-12-15-8-13(16(12)9-10)17-11-4-6-14-7-5-11;2*1-2/h2-3,8-9,11,14H,4-7H2,1H3;2*1-2H3. The van der Waals surface area contributed by atoms with E-state index >= 15 is 0 Å².